The van der Waals surface area contributed by atoms with E-state index in [0.717, 1.165) is 11.3 Å². The van der Waals surface area contributed by atoms with E-state index >= 15 is 0 Å². The molecule has 0 bridgehead atoms. The highest BCUT2D eigenvalue weighted by molar-refractivity contribution is 5.99. The Morgan fingerprint density at radius 1 is 1.15 bits per heavy atom. The Morgan fingerprint density at radius 2 is 1.85 bits per heavy atom. The highest BCUT2D eigenvalue weighted by atomic mass is 16.6. The Bertz CT molecular complexity index is 713. The first-order valence-corrected chi connectivity index (χ1v) is 9.57. The molecule has 1 aromatic carbocycles. The number of anilines is 1. The molecule has 0 spiro atoms. The lowest BCUT2D eigenvalue weighted by molar-refractivity contribution is -0.126. The van der Waals surface area contributed by atoms with Gasteiger partial charge in [0.15, 0.2) is 0 Å². The van der Waals surface area contributed by atoms with Gasteiger partial charge in [-0.3, -0.25) is 9.59 Å². The van der Waals surface area contributed by atoms with Crippen LogP contribution in [0.2, 0.25) is 0 Å². The number of benzene rings is 1. The predicted molar refractivity (Wildman–Crippen MR) is 101 cm³/mol. The molecule has 146 valence electrons. The monoisotopic (exact) mass is 373 g/mol. The lowest BCUT2D eigenvalue weighted by Crippen LogP contribution is -2.47. The molecule has 1 saturated carbocycles. The molecule has 2 fully saturated rings. The molecule has 1 heterocycles. The standard InChI is InChI=1S/C20H27N3O4/c1-3-27-20(26)23-9-7-14(8-10-23)21-18(24)16-12-17(16)19(25)22-15-6-4-5-13(2)11-15/h4-6,11,14,16-17H,3,7-10,12H2,1-2H3,(H,21,24)(H,22,25). The van der Waals surface area contributed by atoms with Gasteiger partial charge in [0, 0.05) is 24.8 Å². The molecule has 7 nitrogen and oxygen atoms in total. The van der Waals surface area contributed by atoms with Crippen molar-refractivity contribution in [3.05, 3.63) is 29.8 Å². The normalized spacial score (nSPS) is 22.1. The molecular weight excluding hydrogens is 346 g/mol. The SMILES string of the molecule is CCOC(=O)N1CCC(NC(=O)C2CC2C(=O)Nc2cccc(C)c2)CC1. The Labute approximate surface area is 159 Å². The maximum absolute atomic E-state index is 12.4. The molecule has 3 rings (SSSR count). The second-order valence-corrected chi connectivity index (χ2v) is 7.28. The molecular formula is C20H27N3O4. The molecule has 3 amide bonds. The minimum atomic E-state index is -0.294. The molecule has 1 saturated heterocycles. The van der Waals surface area contributed by atoms with E-state index in [4.69, 9.17) is 4.74 Å². The van der Waals surface area contributed by atoms with Crippen molar-refractivity contribution in [3.8, 4) is 0 Å². The maximum Gasteiger partial charge on any atom is 0.409 e. The smallest absolute Gasteiger partial charge is 0.409 e. The van der Waals surface area contributed by atoms with Crippen molar-refractivity contribution in [1.29, 1.82) is 0 Å². The third kappa shape index (κ3) is 4.99. The van der Waals surface area contributed by atoms with Crippen molar-refractivity contribution in [2.75, 3.05) is 25.0 Å². The quantitative estimate of drug-likeness (QED) is 0.829. The summed E-state index contributed by atoms with van der Waals surface area (Å²) in [6, 6.07) is 7.66. The number of carbonyl (C=O) groups is 3. The Morgan fingerprint density at radius 3 is 2.52 bits per heavy atom. The fourth-order valence-electron chi connectivity index (χ4n) is 3.46. The van der Waals surface area contributed by atoms with Crippen molar-refractivity contribution in [2.24, 2.45) is 11.8 Å². The molecule has 0 aromatic heterocycles. The van der Waals surface area contributed by atoms with Crippen LogP contribution in [0.3, 0.4) is 0 Å². The maximum atomic E-state index is 12.4. The number of ether oxygens (including phenoxy) is 1. The van der Waals surface area contributed by atoms with E-state index < -0.39 is 0 Å². The number of carbonyl (C=O) groups excluding carboxylic acids is 3. The zero-order valence-electron chi connectivity index (χ0n) is 15.9. The number of amides is 3. The van der Waals surface area contributed by atoms with E-state index in [1.807, 2.05) is 31.2 Å². The minimum Gasteiger partial charge on any atom is -0.450 e. The Balaban J connectivity index is 1.41. The van der Waals surface area contributed by atoms with Gasteiger partial charge in [-0.1, -0.05) is 12.1 Å². The van der Waals surface area contributed by atoms with Crippen molar-refractivity contribution >= 4 is 23.6 Å². The van der Waals surface area contributed by atoms with Gasteiger partial charge < -0.3 is 20.3 Å². The van der Waals surface area contributed by atoms with Gasteiger partial charge in [0.05, 0.1) is 18.4 Å². The van der Waals surface area contributed by atoms with Crippen molar-refractivity contribution in [2.45, 2.75) is 39.2 Å². The second kappa shape index (κ2) is 8.41. The summed E-state index contributed by atoms with van der Waals surface area (Å²) in [5.41, 5.74) is 1.84. The largest absolute Gasteiger partial charge is 0.450 e. The van der Waals surface area contributed by atoms with Gasteiger partial charge in [0.25, 0.3) is 0 Å². The first-order valence-electron chi connectivity index (χ1n) is 9.57. The third-order valence-corrected chi connectivity index (χ3v) is 5.12. The summed E-state index contributed by atoms with van der Waals surface area (Å²) in [4.78, 5) is 38.1. The lowest BCUT2D eigenvalue weighted by atomic mass is 10.1. The highest BCUT2D eigenvalue weighted by Gasteiger charge is 2.48. The Kier molecular flexibility index (Phi) is 5.98. The van der Waals surface area contributed by atoms with Gasteiger partial charge in [-0.05, 0) is 50.8 Å². The van der Waals surface area contributed by atoms with Crippen LogP contribution >= 0.6 is 0 Å². The molecule has 2 aliphatic rings. The molecule has 7 heteroatoms. The molecule has 2 N–H and O–H groups in total. The van der Waals surface area contributed by atoms with Crippen LogP contribution in [-0.4, -0.2) is 48.5 Å². The van der Waals surface area contributed by atoms with Gasteiger partial charge in [-0.25, -0.2) is 4.79 Å². The zero-order chi connectivity index (χ0) is 19.4. The fraction of sp³-hybridized carbons (Fsp3) is 0.550. The molecule has 1 aliphatic carbocycles. The van der Waals surface area contributed by atoms with Crippen molar-refractivity contribution in [1.82, 2.24) is 10.2 Å². The van der Waals surface area contributed by atoms with Gasteiger partial charge in [-0.2, -0.15) is 0 Å². The number of piperidine rings is 1. The van der Waals surface area contributed by atoms with E-state index in [-0.39, 0.29) is 35.8 Å². The zero-order valence-corrected chi connectivity index (χ0v) is 15.9. The summed E-state index contributed by atoms with van der Waals surface area (Å²) in [5.74, 6) is -0.671. The summed E-state index contributed by atoms with van der Waals surface area (Å²) in [6.45, 7) is 5.27. The molecule has 1 aliphatic heterocycles. The van der Waals surface area contributed by atoms with Gasteiger partial charge >= 0.3 is 6.09 Å². The van der Waals surface area contributed by atoms with Crippen molar-refractivity contribution in [3.63, 3.8) is 0 Å². The van der Waals surface area contributed by atoms with Crippen LogP contribution in [-0.2, 0) is 14.3 Å². The van der Waals surface area contributed by atoms with Gasteiger partial charge in [-0.15, -0.1) is 0 Å². The van der Waals surface area contributed by atoms with E-state index in [1.165, 1.54) is 0 Å². The molecule has 2 atom stereocenters. The number of nitrogens with zero attached hydrogens (tertiary/aromatic N) is 1. The van der Waals surface area contributed by atoms with E-state index in [0.29, 0.717) is 39.0 Å². The number of rotatable bonds is 5. The number of aryl methyl sites for hydroxylation is 1. The lowest BCUT2D eigenvalue weighted by Gasteiger charge is -2.31. The van der Waals surface area contributed by atoms with Gasteiger partial charge in [0.2, 0.25) is 11.8 Å². The first kappa shape index (κ1) is 19.2. The summed E-state index contributed by atoms with van der Waals surface area (Å²) in [5, 5.41) is 5.92. The number of hydrogen-bond donors (Lipinski definition) is 2. The summed E-state index contributed by atoms with van der Waals surface area (Å²) >= 11 is 0. The number of nitrogens with one attached hydrogen (secondary N) is 2. The molecule has 27 heavy (non-hydrogen) atoms. The van der Waals surface area contributed by atoms with Crippen LogP contribution in [0.5, 0.6) is 0 Å². The number of likely N-dealkylation sites (tertiary alicyclic amines) is 1. The minimum absolute atomic E-state index is 0.0456. The van der Waals surface area contributed by atoms with Crippen LogP contribution in [0.1, 0.15) is 31.7 Å². The van der Waals surface area contributed by atoms with Gasteiger partial charge in [0.1, 0.15) is 0 Å². The predicted octanol–water partition coefficient (Wildman–Crippen LogP) is 2.31. The van der Waals surface area contributed by atoms with Crippen LogP contribution in [0.25, 0.3) is 0 Å². The van der Waals surface area contributed by atoms with Crippen LogP contribution in [0.4, 0.5) is 10.5 Å². The summed E-state index contributed by atoms with van der Waals surface area (Å²) in [6.07, 6.45) is 1.71. The fourth-order valence-corrected chi connectivity index (χ4v) is 3.46. The molecule has 0 radical (unpaired) electrons. The molecule has 1 aromatic rings. The Hall–Kier alpha value is -2.57. The highest BCUT2D eigenvalue weighted by Crippen LogP contribution is 2.39. The first-order chi connectivity index (χ1) is 13.0. The average molecular weight is 373 g/mol. The molecule has 2 unspecified atom stereocenters. The number of hydrogen-bond acceptors (Lipinski definition) is 4. The topological polar surface area (TPSA) is 87.7 Å². The summed E-state index contributed by atoms with van der Waals surface area (Å²) < 4.78 is 5.00. The average Bonchev–Trinajstić information content (AvgIpc) is 3.43. The van der Waals surface area contributed by atoms with E-state index in [1.54, 1.807) is 11.8 Å². The van der Waals surface area contributed by atoms with E-state index in [9.17, 15) is 14.4 Å². The van der Waals surface area contributed by atoms with E-state index in [2.05, 4.69) is 10.6 Å². The third-order valence-electron chi connectivity index (χ3n) is 5.12. The van der Waals surface area contributed by atoms with Crippen LogP contribution < -0.4 is 10.6 Å². The van der Waals surface area contributed by atoms with Crippen LogP contribution in [0, 0.1) is 18.8 Å². The summed E-state index contributed by atoms with van der Waals surface area (Å²) in [7, 11) is 0. The van der Waals surface area contributed by atoms with Crippen LogP contribution in [0.15, 0.2) is 24.3 Å². The van der Waals surface area contributed by atoms with Crippen molar-refractivity contribution < 1.29 is 19.1 Å². The second-order valence-electron chi connectivity index (χ2n) is 7.28.